The van der Waals surface area contributed by atoms with E-state index in [1.54, 1.807) is 22.5 Å². The summed E-state index contributed by atoms with van der Waals surface area (Å²) < 4.78 is 1.70. The van der Waals surface area contributed by atoms with Crippen molar-refractivity contribution in [2.75, 3.05) is 26.2 Å². The van der Waals surface area contributed by atoms with E-state index >= 15 is 0 Å². The third kappa shape index (κ3) is 9.79. The van der Waals surface area contributed by atoms with Crippen LogP contribution >= 0.6 is 23.5 Å². The van der Waals surface area contributed by atoms with Gasteiger partial charge in [0.1, 0.15) is 17.2 Å². The summed E-state index contributed by atoms with van der Waals surface area (Å²) in [6.07, 6.45) is -2.23. The number of halogens is 1. The quantitative estimate of drug-likeness (QED) is 0.129. The van der Waals surface area contributed by atoms with Crippen LogP contribution in [-0.2, 0) is 0 Å². The lowest BCUT2D eigenvalue weighted by Gasteiger charge is -2.28. The van der Waals surface area contributed by atoms with Gasteiger partial charge >= 0.3 is 11.4 Å². The molecule has 3 rings (SSSR count). The first-order chi connectivity index (χ1) is 14.4. The van der Waals surface area contributed by atoms with Gasteiger partial charge in [0.05, 0.1) is 11.4 Å². The summed E-state index contributed by atoms with van der Waals surface area (Å²) >= 11 is 6.39. The predicted octanol–water partition coefficient (Wildman–Crippen LogP) is -2.36. The molecule has 0 aliphatic carbocycles. The van der Waals surface area contributed by atoms with Crippen LogP contribution in [0.3, 0.4) is 0 Å². The average molecular weight is 477 g/mol. The van der Waals surface area contributed by atoms with E-state index in [0.717, 1.165) is 19.4 Å². The SMILES string of the molecule is O=C(NC(O)(O)O)c1cc(-c2cccc(Cl)n2)ncn1.OC(O)(O)SN1CCNCC1. The fraction of sp³-hybridized carbons (Fsp3) is 0.375. The minimum absolute atomic E-state index is 0.182. The highest BCUT2D eigenvalue weighted by Crippen LogP contribution is 2.20. The van der Waals surface area contributed by atoms with Gasteiger partial charge in [0.25, 0.3) is 5.91 Å². The molecule has 0 atom stereocenters. The number of nitrogens with one attached hydrogen (secondary N) is 2. The van der Waals surface area contributed by atoms with Gasteiger partial charge in [-0.1, -0.05) is 17.7 Å². The Morgan fingerprint density at radius 2 is 1.77 bits per heavy atom. The van der Waals surface area contributed by atoms with E-state index in [0.29, 0.717) is 36.4 Å². The molecule has 2 aromatic heterocycles. The molecule has 1 aliphatic rings. The molecular formula is C16H21ClN6O7S. The average Bonchev–Trinajstić information content (AvgIpc) is 2.67. The summed E-state index contributed by atoms with van der Waals surface area (Å²) in [7, 11) is 0. The molecule has 1 aliphatic heterocycles. The number of pyridine rings is 1. The van der Waals surface area contributed by atoms with E-state index in [4.69, 9.17) is 42.2 Å². The highest BCUT2D eigenvalue weighted by molar-refractivity contribution is 7.97. The standard InChI is InChI=1S/C11H9ClN4O4.C5H12N2O3S/c12-9-3-1-2-6(15-9)7-4-8(14-5-13-7)10(17)16-11(18,19)20;8-5(9,10)11-7-3-1-6-2-4-7/h1-5,18-20H,(H,16,17);6,8-10H,1-4H2. The highest BCUT2D eigenvalue weighted by Gasteiger charge is 2.25. The largest absolute Gasteiger partial charge is 0.369 e. The number of aromatic nitrogens is 3. The minimum atomic E-state index is -3.32. The molecule has 13 nitrogen and oxygen atoms in total. The number of nitrogens with zero attached hydrogens (tertiary/aromatic N) is 4. The molecule has 3 heterocycles. The molecule has 8 N–H and O–H groups in total. The Labute approximate surface area is 185 Å². The van der Waals surface area contributed by atoms with Gasteiger partial charge in [0, 0.05) is 38.1 Å². The van der Waals surface area contributed by atoms with Crippen LogP contribution in [0.25, 0.3) is 11.4 Å². The zero-order valence-corrected chi connectivity index (χ0v) is 17.5. The topological polar surface area (TPSA) is 204 Å². The molecule has 1 saturated heterocycles. The second kappa shape index (κ2) is 11.1. The first-order valence-electron chi connectivity index (χ1n) is 8.69. The van der Waals surface area contributed by atoms with Crippen LogP contribution in [0.4, 0.5) is 0 Å². The maximum Gasteiger partial charge on any atom is 0.369 e. The fourth-order valence-electron chi connectivity index (χ4n) is 2.30. The van der Waals surface area contributed by atoms with Crippen LogP contribution in [0.15, 0.2) is 30.6 Å². The monoisotopic (exact) mass is 476 g/mol. The Morgan fingerprint density at radius 1 is 1.10 bits per heavy atom. The molecule has 0 bridgehead atoms. The third-order valence-corrected chi connectivity index (χ3v) is 4.56. The molecule has 1 fully saturated rings. The number of carbonyl (C=O) groups is 1. The van der Waals surface area contributed by atoms with Crippen molar-refractivity contribution in [3.05, 3.63) is 41.4 Å². The van der Waals surface area contributed by atoms with E-state index in [1.165, 1.54) is 11.4 Å². The smallest absolute Gasteiger partial charge is 0.334 e. The van der Waals surface area contributed by atoms with E-state index < -0.39 is 17.3 Å². The number of aliphatic hydroxyl groups is 6. The zero-order valence-electron chi connectivity index (χ0n) is 15.9. The van der Waals surface area contributed by atoms with Crippen LogP contribution in [0.2, 0.25) is 5.15 Å². The van der Waals surface area contributed by atoms with Crippen molar-refractivity contribution in [2.45, 2.75) is 11.4 Å². The first-order valence-corrected chi connectivity index (χ1v) is 9.84. The third-order valence-electron chi connectivity index (χ3n) is 3.49. The van der Waals surface area contributed by atoms with Crippen LogP contribution < -0.4 is 10.6 Å². The minimum Gasteiger partial charge on any atom is -0.334 e. The second-order valence-electron chi connectivity index (χ2n) is 6.07. The molecule has 0 saturated carbocycles. The normalized spacial score (nSPS) is 15.1. The summed E-state index contributed by atoms with van der Waals surface area (Å²) in [5, 5.41) is 54.0. The summed E-state index contributed by atoms with van der Waals surface area (Å²) in [6.45, 7) is 3.02. The Balaban J connectivity index is 0.000000262. The molecule has 31 heavy (non-hydrogen) atoms. The zero-order chi connectivity index (χ0) is 23.1. The molecule has 0 aromatic carbocycles. The lowest BCUT2D eigenvalue weighted by Crippen LogP contribution is -2.48. The van der Waals surface area contributed by atoms with Crippen molar-refractivity contribution in [2.24, 2.45) is 0 Å². The molecule has 1 amide bonds. The van der Waals surface area contributed by atoms with Gasteiger partial charge in [-0.25, -0.2) is 19.3 Å². The van der Waals surface area contributed by atoms with Crippen molar-refractivity contribution in [1.82, 2.24) is 29.9 Å². The van der Waals surface area contributed by atoms with E-state index in [1.807, 2.05) is 0 Å². The maximum atomic E-state index is 11.6. The van der Waals surface area contributed by atoms with Crippen LogP contribution in [-0.4, -0.2) is 93.4 Å². The van der Waals surface area contributed by atoms with Crippen molar-refractivity contribution in [1.29, 1.82) is 0 Å². The molecule has 2 aromatic rings. The first kappa shape index (κ1) is 25.3. The summed E-state index contributed by atoms with van der Waals surface area (Å²) in [5.41, 5.74) is 0.544. The van der Waals surface area contributed by atoms with Gasteiger partial charge in [-0.2, -0.15) is 0 Å². The highest BCUT2D eigenvalue weighted by atomic mass is 35.5. The van der Waals surface area contributed by atoms with Crippen molar-refractivity contribution >= 4 is 29.5 Å². The van der Waals surface area contributed by atoms with Crippen molar-refractivity contribution < 1.29 is 35.4 Å². The van der Waals surface area contributed by atoms with E-state index in [-0.39, 0.29) is 10.8 Å². The molecular weight excluding hydrogens is 456 g/mol. The predicted molar refractivity (Wildman–Crippen MR) is 109 cm³/mol. The lowest BCUT2D eigenvalue weighted by atomic mass is 10.2. The summed E-state index contributed by atoms with van der Waals surface area (Å²) in [6, 6.07) is 6.13. The Morgan fingerprint density at radius 3 is 2.35 bits per heavy atom. The van der Waals surface area contributed by atoms with Gasteiger partial charge in [-0.3, -0.25) is 10.1 Å². The van der Waals surface area contributed by atoms with Crippen molar-refractivity contribution in [3.63, 3.8) is 0 Å². The number of hydrogen-bond acceptors (Lipinski definition) is 13. The molecule has 0 spiro atoms. The van der Waals surface area contributed by atoms with Gasteiger partial charge < -0.3 is 36.0 Å². The van der Waals surface area contributed by atoms with Gasteiger partial charge in [-0.05, 0) is 18.2 Å². The molecule has 0 unspecified atom stereocenters. The Bertz CT molecular complexity index is 874. The van der Waals surface area contributed by atoms with Gasteiger partial charge in [0.2, 0.25) is 0 Å². The van der Waals surface area contributed by atoms with E-state index in [9.17, 15) is 4.79 Å². The summed E-state index contributed by atoms with van der Waals surface area (Å²) in [4.78, 5) is 23.2. The molecule has 170 valence electrons. The van der Waals surface area contributed by atoms with Gasteiger partial charge in [-0.15, -0.1) is 0 Å². The Kier molecular flexibility index (Phi) is 9.01. The summed E-state index contributed by atoms with van der Waals surface area (Å²) in [5.74, 6) is -0.997. The number of piperazine rings is 1. The van der Waals surface area contributed by atoms with Crippen molar-refractivity contribution in [3.8, 4) is 11.4 Å². The molecule has 15 heteroatoms. The number of amides is 1. The maximum absolute atomic E-state index is 11.6. The number of rotatable bonds is 5. The van der Waals surface area contributed by atoms with E-state index in [2.05, 4.69) is 20.3 Å². The fourth-order valence-corrected chi connectivity index (χ4v) is 3.17. The lowest BCUT2D eigenvalue weighted by molar-refractivity contribution is -0.323. The number of carbonyl (C=O) groups excluding carboxylic acids is 1. The van der Waals surface area contributed by atoms with Crippen LogP contribution in [0.1, 0.15) is 10.5 Å². The molecule has 0 radical (unpaired) electrons. The Hall–Kier alpha value is -1.98. The van der Waals surface area contributed by atoms with Gasteiger partial charge in [0.15, 0.2) is 0 Å². The van der Waals surface area contributed by atoms with Crippen LogP contribution in [0.5, 0.6) is 0 Å². The second-order valence-corrected chi connectivity index (χ2v) is 7.70. The van der Waals surface area contributed by atoms with Crippen LogP contribution in [0, 0.1) is 0 Å². The number of hydrogen-bond donors (Lipinski definition) is 8.